The fraction of sp³-hybridized carbons (Fsp3) is 0.611. The molecule has 1 aliphatic rings. The fourth-order valence-corrected chi connectivity index (χ4v) is 3.12. The maximum Gasteiger partial charge on any atom is 0.251 e. The van der Waals surface area contributed by atoms with Gasteiger partial charge < -0.3 is 20.1 Å². The van der Waals surface area contributed by atoms with Crippen LogP contribution in [0.5, 0.6) is 0 Å². The largest absolute Gasteiger partial charge is 0.379 e. The lowest BCUT2D eigenvalue weighted by Crippen LogP contribution is -2.38. The Bertz CT molecular complexity index is 480. The van der Waals surface area contributed by atoms with E-state index in [1.54, 1.807) is 0 Å². The highest BCUT2D eigenvalue weighted by molar-refractivity contribution is 5.81. The molecule has 2 N–H and O–H groups in total. The van der Waals surface area contributed by atoms with Gasteiger partial charge in [-0.15, -0.1) is 0 Å². The molecule has 0 spiro atoms. The molecule has 128 valence electrons. The number of carbonyl (C=O) groups excluding carboxylic acids is 1. The molecule has 1 aromatic carbocycles. The van der Waals surface area contributed by atoms with Crippen molar-refractivity contribution in [3.05, 3.63) is 35.9 Å². The molecule has 1 unspecified atom stereocenters. The molecule has 0 aliphatic carbocycles. The molecule has 0 saturated carbocycles. The third-order valence-electron chi connectivity index (χ3n) is 4.43. The molecule has 1 amide bonds. The van der Waals surface area contributed by atoms with Crippen LogP contribution in [0.1, 0.15) is 25.3 Å². The van der Waals surface area contributed by atoms with Crippen molar-refractivity contribution in [2.24, 2.45) is 11.7 Å². The fourth-order valence-electron chi connectivity index (χ4n) is 3.12. The first-order valence-corrected chi connectivity index (χ1v) is 8.40. The van der Waals surface area contributed by atoms with E-state index in [4.69, 9.17) is 15.2 Å². The minimum absolute atomic E-state index is 0.0402. The van der Waals surface area contributed by atoms with Gasteiger partial charge in [-0.25, -0.2) is 0 Å². The Balaban J connectivity index is 1.92. The van der Waals surface area contributed by atoms with Crippen molar-refractivity contribution >= 4 is 5.91 Å². The molecule has 2 rings (SSSR count). The Labute approximate surface area is 138 Å². The molecule has 1 aromatic rings. The first kappa shape index (κ1) is 17.9. The van der Waals surface area contributed by atoms with Gasteiger partial charge in [0.15, 0.2) is 0 Å². The quantitative estimate of drug-likeness (QED) is 0.740. The third-order valence-corrected chi connectivity index (χ3v) is 4.43. The zero-order valence-corrected chi connectivity index (χ0v) is 14.1. The molecule has 23 heavy (non-hydrogen) atoms. The number of amides is 1. The highest BCUT2D eigenvalue weighted by atomic mass is 16.5. The van der Waals surface area contributed by atoms with Crippen LogP contribution in [0.15, 0.2) is 30.3 Å². The van der Waals surface area contributed by atoms with Crippen molar-refractivity contribution in [2.45, 2.75) is 25.9 Å². The van der Waals surface area contributed by atoms with Crippen LogP contribution in [0, 0.1) is 5.92 Å². The van der Waals surface area contributed by atoms with Crippen molar-refractivity contribution < 1.29 is 14.3 Å². The summed E-state index contributed by atoms with van der Waals surface area (Å²) in [4.78, 5) is 14.5. The maximum atomic E-state index is 12.6. The Morgan fingerprint density at radius 1 is 1.30 bits per heavy atom. The second-order valence-corrected chi connectivity index (χ2v) is 5.97. The van der Waals surface area contributed by atoms with Gasteiger partial charge in [0.05, 0.1) is 13.2 Å². The summed E-state index contributed by atoms with van der Waals surface area (Å²) < 4.78 is 10.8. The summed E-state index contributed by atoms with van der Waals surface area (Å²) in [6, 6.07) is 10.3. The Kier molecular flexibility index (Phi) is 7.02. The van der Waals surface area contributed by atoms with Gasteiger partial charge in [-0.2, -0.15) is 0 Å². The molecule has 3 atom stereocenters. The first-order valence-electron chi connectivity index (χ1n) is 8.40. The molecule has 1 aliphatic heterocycles. The van der Waals surface area contributed by atoms with Gasteiger partial charge in [-0.05, 0) is 31.9 Å². The lowest BCUT2D eigenvalue weighted by Gasteiger charge is -2.21. The molecule has 5 nitrogen and oxygen atoms in total. The van der Waals surface area contributed by atoms with Crippen molar-refractivity contribution in [3.63, 3.8) is 0 Å². The average molecular weight is 320 g/mol. The predicted molar refractivity (Wildman–Crippen MR) is 90.2 cm³/mol. The lowest BCUT2D eigenvalue weighted by molar-refractivity contribution is -0.142. The summed E-state index contributed by atoms with van der Waals surface area (Å²) >= 11 is 0. The van der Waals surface area contributed by atoms with Gasteiger partial charge >= 0.3 is 0 Å². The number of rotatable bonds is 8. The van der Waals surface area contributed by atoms with E-state index in [1.807, 2.05) is 36.9 Å². The van der Waals surface area contributed by atoms with Gasteiger partial charge in [-0.3, -0.25) is 4.79 Å². The van der Waals surface area contributed by atoms with Gasteiger partial charge in [0.1, 0.15) is 6.10 Å². The maximum absolute atomic E-state index is 12.6. The van der Waals surface area contributed by atoms with E-state index in [0.717, 1.165) is 0 Å². The van der Waals surface area contributed by atoms with Crippen molar-refractivity contribution in [1.29, 1.82) is 0 Å². The zero-order valence-electron chi connectivity index (χ0n) is 14.1. The molecular weight excluding hydrogens is 292 g/mol. The normalized spacial score (nSPS) is 22.3. The summed E-state index contributed by atoms with van der Waals surface area (Å²) in [6.07, 6.45) is -0.441. The SMILES string of the molecule is CCOCCOC(C)C(=O)N1C[C@@H](CN)[C@H](c2ccccc2)C1. The number of likely N-dealkylation sites (tertiary alicyclic amines) is 1. The molecular formula is C18H28N2O3. The van der Waals surface area contributed by atoms with E-state index in [9.17, 15) is 4.79 Å². The summed E-state index contributed by atoms with van der Waals surface area (Å²) in [5, 5.41) is 0. The third kappa shape index (κ3) is 4.77. The summed E-state index contributed by atoms with van der Waals surface area (Å²) in [5.41, 5.74) is 7.18. The second-order valence-electron chi connectivity index (χ2n) is 5.97. The van der Waals surface area contributed by atoms with E-state index in [0.29, 0.717) is 51.3 Å². The number of nitrogens with two attached hydrogens (primary N) is 1. The van der Waals surface area contributed by atoms with E-state index in [-0.39, 0.29) is 5.91 Å². The zero-order chi connectivity index (χ0) is 16.7. The highest BCUT2D eigenvalue weighted by Crippen LogP contribution is 2.32. The van der Waals surface area contributed by atoms with Crippen LogP contribution in [-0.2, 0) is 14.3 Å². The molecule has 0 bridgehead atoms. The van der Waals surface area contributed by atoms with Crippen LogP contribution in [0.2, 0.25) is 0 Å². The standard InChI is InChI=1S/C18H28N2O3/c1-3-22-9-10-23-14(2)18(21)20-12-16(11-19)17(13-20)15-7-5-4-6-8-15/h4-8,14,16-17H,3,9-13,19H2,1-2H3/t14?,16-,17+/m1/s1. The summed E-state index contributed by atoms with van der Waals surface area (Å²) in [7, 11) is 0. The Morgan fingerprint density at radius 3 is 2.70 bits per heavy atom. The van der Waals surface area contributed by atoms with Crippen LogP contribution in [-0.4, -0.2) is 56.4 Å². The summed E-state index contributed by atoms with van der Waals surface area (Å²) in [5.74, 6) is 0.649. The molecule has 5 heteroatoms. The number of ether oxygens (including phenoxy) is 2. The van der Waals surface area contributed by atoms with Crippen molar-refractivity contribution in [2.75, 3.05) is 39.5 Å². The molecule has 1 saturated heterocycles. The number of benzene rings is 1. The molecule has 0 aromatic heterocycles. The Hall–Kier alpha value is -1.43. The van der Waals surface area contributed by atoms with E-state index in [1.165, 1.54) is 5.56 Å². The van der Waals surface area contributed by atoms with Gasteiger partial charge in [-0.1, -0.05) is 30.3 Å². The van der Waals surface area contributed by atoms with Gasteiger partial charge in [0.25, 0.3) is 5.91 Å². The monoisotopic (exact) mass is 320 g/mol. The van der Waals surface area contributed by atoms with Gasteiger partial charge in [0.2, 0.25) is 0 Å². The van der Waals surface area contributed by atoms with Crippen molar-refractivity contribution in [1.82, 2.24) is 4.90 Å². The highest BCUT2D eigenvalue weighted by Gasteiger charge is 2.36. The van der Waals surface area contributed by atoms with Crippen molar-refractivity contribution in [3.8, 4) is 0 Å². The van der Waals surface area contributed by atoms with E-state index < -0.39 is 6.10 Å². The second kappa shape index (κ2) is 9.01. The number of carbonyl (C=O) groups is 1. The Morgan fingerprint density at radius 2 is 2.04 bits per heavy atom. The molecule has 1 fully saturated rings. The van der Waals surface area contributed by atoms with E-state index >= 15 is 0 Å². The molecule has 0 radical (unpaired) electrons. The smallest absolute Gasteiger partial charge is 0.251 e. The first-order chi connectivity index (χ1) is 11.2. The summed E-state index contributed by atoms with van der Waals surface area (Å²) in [6.45, 7) is 7.37. The minimum atomic E-state index is -0.441. The van der Waals surface area contributed by atoms with E-state index in [2.05, 4.69) is 12.1 Å². The molecule has 1 heterocycles. The number of hydrogen-bond donors (Lipinski definition) is 1. The van der Waals surface area contributed by atoms with Crippen LogP contribution in [0.4, 0.5) is 0 Å². The number of hydrogen-bond acceptors (Lipinski definition) is 4. The van der Waals surface area contributed by atoms with Gasteiger partial charge in [0, 0.05) is 25.6 Å². The van der Waals surface area contributed by atoms with Crippen LogP contribution in [0.3, 0.4) is 0 Å². The average Bonchev–Trinajstić information content (AvgIpc) is 3.03. The van der Waals surface area contributed by atoms with Crippen LogP contribution in [0.25, 0.3) is 0 Å². The lowest BCUT2D eigenvalue weighted by atomic mass is 9.89. The topological polar surface area (TPSA) is 64.8 Å². The van der Waals surface area contributed by atoms with Crippen LogP contribution >= 0.6 is 0 Å². The minimum Gasteiger partial charge on any atom is -0.379 e. The predicted octanol–water partition coefficient (Wildman–Crippen LogP) is 1.63. The number of nitrogens with zero attached hydrogens (tertiary/aromatic N) is 1. The van der Waals surface area contributed by atoms with Crippen LogP contribution < -0.4 is 5.73 Å².